The molecule has 2 amide bonds. The third-order valence-electron chi connectivity index (χ3n) is 3.23. The fourth-order valence-electron chi connectivity index (χ4n) is 1.93. The lowest BCUT2D eigenvalue weighted by Crippen LogP contribution is -2.42. The van der Waals surface area contributed by atoms with E-state index in [0.717, 1.165) is 5.57 Å². The largest absolute Gasteiger partial charge is 0.394 e. The van der Waals surface area contributed by atoms with Gasteiger partial charge in [0, 0.05) is 25.0 Å². The summed E-state index contributed by atoms with van der Waals surface area (Å²) in [5.41, 5.74) is 0.814. The smallest absolute Gasteiger partial charge is 0.323 e. The van der Waals surface area contributed by atoms with Crippen molar-refractivity contribution in [1.82, 2.24) is 10.2 Å². The molecule has 6 nitrogen and oxygen atoms in total. The van der Waals surface area contributed by atoms with Gasteiger partial charge in [-0.3, -0.25) is 4.90 Å². The average Bonchev–Trinajstić information content (AvgIpc) is 2.79. The van der Waals surface area contributed by atoms with Crippen LogP contribution in [0, 0.1) is 5.92 Å². The molecule has 3 N–H and O–H groups in total. The lowest BCUT2D eigenvalue weighted by molar-refractivity contribution is -0.0533. The molecule has 114 valence electrons. The third-order valence-corrected chi connectivity index (χ3v) is 3.51. The Hall–Kier alpha value is -1.02. The van der Waals surface area contributed by atoms with E-state index in [4.69, 9.17) is 22.1 Å². The number of amides is 2. The van der Waals surface area contributed by atoms with E-state index in [1.54, 1.807) is 6.20 Å². The molecule has 1 aliphatic rings. The summed E-state index contributed by atoms with van der Waals surface area (Å²) in [4.78, 5) is 13.3. The summed E-state index contributed by atoms with van der Waals surface area (Å²) in [5, 5.41) is 22.9. The molecule has 0 aromatic carbocycles. The van der Waals surface area contributed by atoms with E-state index in [2.05, 4.69) is 5.32 Å². The molecular weight excluding hydrogens is 280 g/mol. The maximum absolute atomic E-state index is 12.0. The second kappa shape index (κ2) is 7.68. The summed E-state index contributed by atoms with van der Waals surface area (Å²) in [5.74, 6) is 0.166. The van der Waals surface area contributed by atoms with Crippen molar-refractivity contribution in [2.75, 3.05) is 13.7 Å². The first-order valence-electron chi connectivity index (χ1n) is 6.55. The molecular formula is C13H22N2O4S. The van der Waals surface area contributed by atoms with Crippen LogP contribution in [0.4, 0.5) is 4.79 Å². The van der Waals surface area contributed by atoms with Gasteiger partial charge in [-0.05, 0) is 11.5 Å². The fourth-order valence-corrected chi connectivity index (χ4v) is 2.26. The molecule has 0 bridgehead atoms. The maximum atomic E-state index is 12.0. The lowest BCUT2D eigenvalue weighted by atomic mass is 10.1. The maximum Gasteiger partial charge on any atom is 0.323 e. The minimum Gasteiger partial charge on any atom is -0.394 e. The summed E-state index contributed by atoms with van der Waals surface area (Å²) < 4.78 is 5.51. The standard InChI is InChI=1S/C13H22N2O4S/c1-8(2)9(7-20)5-15(13(18)14-3)12-4-10(17)11(6-16)19-12/h5,7-8,10-12,16-17H,4,6H2,1-3H3,(H,14,18)/b9-5+/t10-,11+,12+/m0/s1. The number of hydrogen-bond donors (Lipinski definition) is 3. The van der Waals surface area contributed by atoms with Crippen molar-refractivity contribution in [3.8, 4) is 0 Å². The molecule has 0 saturated carbocycles. The molecule has 3 atom stereocenters. The Bertz CT molecular complexity index is 387. The van der Waals surface area contributed by atoms with Gasteiger partial charge in [0.2, 0.25) is 0 Å². The van der Waals surface area contributed by atoms with Crippen molar-refractivity contribution < 1.29 is 19.7 Å². The summed E-state index contributed by atoms with van der Waals surface area (Å²) in [6.07, 6.45) is -0.201. The van der Waals surface area contributed by atoms with Crippen molar-refractivity contribution in [3.05, 3.63) is 11.8 Å². The van der Waals surface area contributed by atoms with Crippen LogP contribution in [0.1, 0.15) is 20.3 Å². The van der Waals surface area contributed by atoms with Gasteiger partial charge in [-0.25, -0.2) is 4.79 Å². The lowest BCUT2D eigenvalue weighted by Gasteiger charge is -2.26. The van der Waals surface area contributed by atoms with Crippen LogP contribution in [-0.4, -0.2) is 58.6 Å². The molecule has 0 aliphatic carbocycles. The number of aliphatic hydroxyl groups excluding tert-OH is 2. The number of carbonyl (C=O) groups excluding carboxylic acids is 1. The van der Waals surface area contributed by atoms with Crippen LogP contribution in [0.2, 0.25) is 0 Å². The van der Waals surface area contributed by atoms with Crippen LogP contribution in [0.25, 0.3) is 0 Å². The second-order valence-corrected chi connectivity index (χ2v) is 5.21. The van der Waals surface area contributed by atoms with Crippen molar-refractivity contribution >= 4 is 23.6 Å². The van der Waals surface area contributed by atoms with Gasteiger partial charge >= 0.3 is 6.03 Å². The Morgan fingerprint density at radius 2 is 2.25 bits per heavy atom. The molecule has 1 heterocycles. The Labute approximate surface area is 124 Å². The number of nitrogens with one attached hydrogen (secondary N) is 1. The van der Waals surface area contributed by atoms with Crippen LogP contribution in [0.15, 0.2) is 11.8 Å². The van der Waals surface area contributed by atoms with E-state index in [1.807, 2.05) is 13.8 Å². The first kappa shape index (κ1) is 17.0. The van der Waals surface area contributed by atoms with Crippen LogP contribution >= 0.6 is 12.2 Å². The van der Waals surface area contributed by atoms with Gasteiger partial charge in [0.15, 0.2) is 0 Å². The Morgan fingerprint density at radius 3 is 2.65 bits per heavy atom. The summed E-state index contributed by atoms with van der Waals surface area (Å²) >= 11 is 4.95. The molecule has 1 fully saturated rings. The number of rotatable bonds is 5. The van der Waals surface area contributed by atoms with Gasteiger partial charge in [0.25, 0.3) is 0 Å². The van der Waals surface area contributed by atoms with Gasteiger partial charge in [-0.2, -0.15) is 0 Å². The van der Waals surface area contributed by atoms with Gasteiger partial charge in [-0.1, -0.05) is 26.1 Å². The van der Waals surface area contributed by atoms with Gasteiger partial charge in [-0.15, -0.1) is 0 Å². The SMILES string of the molecule is CNC(=O)N(/C=C(\C=S)C(C)C)[C@H]1C[C@H](O)[C@@H](CO)O1. The highest BCUT2D eigenvalue weighted by atomic mass is 32.1. The zero-order chi connectivity index (χ0) is 15.3. The molecule has 1 saturated heterocycles. The quantitative estimate of drug-likeness (QED) is 0.513. The third kappa shape index (κ3) is 3.99. The van der Waals surface area contributed by atoms with Crippen LogP contribution in [0.5, 0.6) is 0 Å². The molecule has 0 spiro atoms. The summed E-state index contributed by atoms with van der Waals surface area (Å²) in [7, 11) is 1.52. The average molecular weight is 302 g/mol. The predicted molar refractivity (Wildman–Crippen MR) is 79.2 cm³/mol. The van der Waals surface area contributed by atoms with E-state index in [9.17, 15) is 9.90 Å². The van der Waals surface area contributed by atoms with E-state index < -0.39 is 18.4 Å². The van der Waals surface area contributed by atoms with Crippen LogP contribution < -0.4 is 5.32 Å². The van der Waals surface area contributed by atoms with Crippen molar-refractivity contribution in [2.24, 2.45) is 5.92 Å². The second-order valence-electron chi connectivity index (χ2n) is 4.98. The summed E-state index contributed by atoms with van der Waals surface area (Å²) in [6, 6.07) is -0.351. The van der Waals surface area contributed by atoms with Crippen LogP contribution in [0.3, 0.4) is 0 Å². The van der Waals surface area contributed by atoms with E-state index in [-0.39, 0.29) is 25.0 Å². The normalized spacial score (nSPS) is 26.7. The highest BCUT2D eigenvalue weighted by Gasteiger charge is 2.38. The highest BCUT2D eigenvalue weighted by molar-refractivity contribution is 7.79. The predicted octanol–water partition coefficient (Wildman–Crippen LogP) is 0.636. The summed E-state index contributed by atoms with van der Waals surface area (Å²) in [6.45, 7) is 3.66. The number of thiocarbonyl (C=S) groups is 1. The van der Waals surface area contributed by atoms with Gasteiger partial charge in [0.05, 0.1) is 12.7 Å². The van der Waals surface area contributed by atoms with Gasteiger partial charge in [0.1, 0.15) is 12.3 Å². The zero-order valence-electron chi connectivity index (χ0n) is 11.9. The number of carbonyl (C=O) groups is 1. The van der Waals surface area contributed by atoms with E-state index in [1.165, 1.54) is 17.3 Å². The number of hydrogen-bond acceptors (Lipinski definition) is 5. The highest BCUT2D eigenvalue weighted by Crippen LogP contribution is 2.24. The fraction of sp³-hybridized carbons (Fsp3) is 0.692. The number of nitrogens with zero attached hydrogens (tertiary/aromatic N) is 1. The van der Waals surface area contributed by atoms with Crippen molar-refractivity contribution in [2.45, 2.75) is 38.7 Å². The number of urea groups is 1. The first-order valence-corrected chi connectivity index (χ1v) is 7.03. The molecule has 0 radical (unpaired) electrons. The van der Waals surface area contributed by atoms with Crippen molar-refractivity contribution in [3.63, 3.8) is 0 Å². The number of ether oxygens (including phenoxy) is 1. The van der Waals surface area contributed by atoms with Crippen LogP contribution in [-0.2, 0) is 4.74 Å². The first-order chi connectivity index (χ1) is 9.44. The van der Waals surface area contributed by atoms with Crippen molar-refractivity contribution in [1.29, 1.82) is 0 Å². The zero-order valence-corrected chi connectivity index (χ0v) is 12.8. The monoisotopic (exact) mass is 302 g/mol. The number of allylic oxidation sites excluding steroid dienone is 1. The molecule has 0 unspecified atom stereocenters. The Kier molecular flexibility index (Phi) is 6.54. The molecule has 0 aromatic rings. The molecule has 1 rings (SSSR count). The van der Waals surface area contributed by atoms with Gasteiger partial charge < -0.3 is 20.3 Å². The van der Waals surface area contributed by atoms with E-state index in [0.29, 0.717) is 0 Å². The Morgan fingerprint density at radius 1 is 1.60 bits per heavy atom. The Balaban J connectivity index is 2.97. The topological polar surface area (TPSA) is 82.0 Å². The molecule has 0 aromatic heterocycles. The minimum atomic E-state index is -0.791. The molecule has 20 heavy (non-hydrogen) atoms. The minimum absolute atomic E-state index is 0.166. The molecule has 1 aliphatic heterocycles. The molecule has 7 heteroatoms. The van der Waals surface area contributed by atoms with E-state index >= 15 is 0 Å². The number of aliphatic hydroxyl groups is 2.